The van der Waals surface area contributed by atoms with Gasteiger partial charge in [0, 0.05) is 23.4 Å². The minimum atomic E-state index is -0.792. The standard InChI is InChI=1S/C23H23F2N3O3/c1-11(21(29)27-12(2)15-7-6-14(24)10-16(15)25)18-19(13-4-5-13)20-17(28-22(18)30)8-9-26-23(20)31-3/h6-13H,4-5H2,1-3H3,(H,27,29)(H,28,30)/t11-,12-/m0/s1. The number of aromatic nitrogens is 2. The second-order valence-electron chi connectivity index (χ2n) is 7.92. The molecule has 6 nitrogen and oxygen atoms in total. The van der Waals surface area contributed by atoms with Gasteiger partial charge >= 0.3 is 0 Å². The predicted molar refractivity (Wildman–Crippen MR) is 112 cm³/mol. The minimum Gasteiger partial charge on any atom is -0.480 e. The Hall–Kier alpha value is -3.29. The molecular weight excluding hydrogens is 404 g/mol. The average Bonchev–Trinajstić information content (AvgIpc) is 3.56. The fraction of sp³-hybridized carbons (Fsp3) is 0.348. The number of fused-ring (bicyclic) bond motifs is 1. The topological polar surface area (TPSA) is 84.1 Å². The number of ether oxygens (including phenoxy) is 1. The quantitative estimate of drug-likeness (QED) is 0.621. The van der Waals surface area contributed by atoms with Crippen molar-refractivity contribution in [2.45, 2.75) is 44.6 Å². The van der Waals surface area contributed by atoms with Crippen LogP contribution in [0.5, 0.6) is 5.88 Å². The normalized spacial score (nSPS) is 15.5. The molecule has 2 heterocycles. The van der Waals surface area contributed by atoms with Crippen LogP contribution in [0.15, 0.2) is 35.3 Å². The lowest BCUT2D eigenvalue weighted by Gasteiger charge is -2.21. The van der Waals surface area contributed by atoms with Crippen molar-refractivity contribution in [1.29, 1.82) is 0 Å². The van der Waals surface area contributed by atoms with Crippen LogP contribution < -0.4 is 15.6 Å². The summed E-state index contributed by atoms with van der Waals surface area (Å²) in [6.07, 6.45) is 3.38. The van der Waals surface area contributed by atoms with Gasteiger partial charge in [0.1, 0.15) is 11.6 Å². The Morgan fingerprint density at radius 2 is 2.00 bits per heavy atom. The van der Waals surface area contributed by atoms with E-state index in [9.17, 15) is 18.4 Å². The molecule has 2 N–H and O–H groups in total. The van der Waals surface area contributed by atoms with Crippen LogP contribution in [0.2, 0.25) is 0 Å². The van der Waals surface area contributed by atoms with Crippen molar-refractivity contribution in [3.05, 3.63) is 69.1 Å². The molecule has 0 aliphatic heterocycles. The Morgan fingerprint density at radius 1 is 1.26 bits per heavy atom. The number of carbonyl (C=O) groups is 1. The van der Waals surface area contributed by atoms with Crippen LogP contribution >= 0.6 is 0 Å². The maximum atomic E-state index is 14.1. The molecule has 1 amide bonds. The van der Waals surface area contributed by atoms with Gasteiger partial charge in [-0.25, -0.2) is 13.8 Å². The molecule has 8 heteroatoms. The van der Waals surface area contributed by atoms with Crippen molar-refractivity contribution >= 4 is 16.8 Å². The van der Waals surface area contributed by atoms with E-state index in [1.54, 1.807) is 26.1 Å². The zero-order valence-electron chi connectivity index (χ0n) is 17.5. The van der Waals surface area contributed by atoms with E-state index in [-0.39, 0.29) is 17.0 Å². The predicted octanol–water partition coefficient (Wildman–Crippen LogP) is 4.07. The third-order valence-electron chi connectivity index (χ3n) is 5.76. The third kappa shape index (κ3) is 3.89. The van der Waals surface area contributed by atoms with Crippen molar-refractivity contribution in [1.82, 2.24) is 15.3 Å². The van der Waals surface area contributed by atoms with E-state index in [4.69, 9.17) is 4.74 Å². The molecule has 3 aromatic rings. The second kappa shape index (κ2) is 8.09. The molecule has 1 aliphatic rings. The Balaban J connectivity index is 1.72. The molecular formula is C23H23F2N3O3. The first-order chi connectivity index (χ1) is 14.8. The number of nitrogens with zero attached hydrogens (tertiary/aromatic N) is 1. The van der Waals surface area contributed by atoms with Crippen molar-refractivity contribution < 1.29 is 18.3 Å². The molecule has 2 aromatic heterocycles. The molecule has 0 saturated heterocycles. The number of amides is 1. The Morgan fingerprint density at radius 3 is 2.65 bits per heavy atom. The van der Waals surface area contributed by atoms with Crippen molar-refractivity contribution in [3.63, 3.8) is 0 Å². The fourth-order valence-corrected chi connectivity index (χ4v) is 4.03. The van der Waals surface area contributed by atoms with Crippen LogP contribution in [0.3, 0.4) is 0 Å². The van der Waals surface area contributed by atoms with Gasteiger partial charge in [-0.15, -0.1) is 0 Å². The van der Waals surface area contributed by atoms with E-state index in [2.05, 4.69) is 15.3 Å². The lowest BCUT2D eigenvalue weighted by Crippen LogP contribution is -2.34. The number of H-pyrrole nitrogens is 1. The van der Waals surface area contributed by atoms with Gasteiger partial charge in [-0.2, -0.15) is 0 Å². The number of carbonyl (C=O) groups excluding carboxylic acids is 1. The number of benzene rings is 1. The number of hydrogen-bond acceptors (Lipinski definition) is 4. The molecule has 1 saturated carbocycles. The highest BCUT2D eigenvalue weighted by Crippen LogP contribution is 2.47. The van der Waals surface area contributed by atoms with Gasteiger partial charge in [0.15, 0.2) is 0 Å². The van der Waals surface area contributed by atoms with Gasteiger partial charge in [0.2, 0.25) is 11.8 Å². The molecule has 1 aromatic carbocycles. The van der Waals surface area contributed by atoms with Crippen LogP contribution in [0.4, 0.5) is 8.78 Å². The van der Waals surface area contributed by atoms with Crippen LogP contribution in [0.1, 0.15) is 61.3 Å². The van der Waals surface area contributed by atoms with E-state index in [1.807, 2.05) is 0 Å². The molecule has 2 atom stereocenters. The summed E-state index contributed by atoms with van der Waals surface area (Å²) in [5.41, 5.74) is 1.59. The monoisotopic (exact) mass is 427 g/mol. The number of hydrogen-bond donors (Lipinski definition) is 2. The number of aromatic amines is 1. The highest BCUT2D eigenvalue weighted by atomic mass is 19.1. The summed E-state index contributed by atoms with van der Waals surface area (Å²) in [5, 5.41) is 3.45. The minimum absolute atomic E-state index is 0.153. The second-order valence-corrected chi connectivity index (χ2v) is 7.92. The molecule has 0 radical (unpaired) electrons. The highest BCUT2D eigenvalue weighted by Gasteiger charge is 2.35. The fourth-order valence-electron chi connectivity index (χ4n) is 4.03. The Bertz CT molecular complexity index is 1220. The lowest BCUT2D eigenvalue weighted by molar-refractivity contribution is -0.122. The maximum Gasteiger partial charge on any atom is 0.252 e. The van der Waals surface area contributed by atoms with Crippen LogP contribution in [-0.4, -0.2) is 23.0 Å². The van der Waals surface area contributed by atoms with Gasteiger partial charge in [0.25, 0.3) is 5.56 Å². The van der Waals surface area contributed by atoms with Gasteiger partial charge in [-0.05, 0) is 50.3 Å². The number of methoxy groups -OCH3 is 1. The largest absolute Gasteiger partial charge is 0.480 e. The molecule has 31 heavy (non-hydrogen) atoms. The molecule has 162 valence electrons. The third-order valence-corrected chi connectivity index (χ3v) is 5.76. The van der Waals surface area contributed by atoms with E-state index in [0.717, 1.165) is 30.5 Å². The van der Waals surface area contributed by atoms with Crippen molar-refractivity contribution in [2.24, 2.45) is 0 Å². The number of rotatable bonds is 6. The number of nitrogens with one attached hydrogen (secondary N) is 2. The van der Waals surface area contributed by atoms with Crippen LogP contribution in [-0.2, 0) is 4.79 Å². The summed E-state index contributed by atoms with van der Waals surface area (Å²) in [7, 11) is 1.51. The molecule has 0 unspecified atom stereocenters. The van der Waals surface area contributed by atoms with E-state index in [1.165, 1.54) is 13.2 Å². The molecule has 0 spiro atoms. The zero-order chi connectivity index (χ0) is 22.3. The highest BCUT2D eigenvalue weighted by molar-refractivity contribution is 5.91. The Labute approximate surface area is 177 Å². The van der Waals surface area contributed by atoms with Crippen LogP contribution in [0, 0.1) is 11.6 Å². The van der Waals surface area contributed by atoms with Gasteiger partial charge < -0.3 is 15.0 Å². The molecule has 1 fully saturated rings. The average molecular weight is 427 g/mol. The van der Waals surface area contributed by atoms with Crippen molar-refractivity contribution in [2.75, 3.05) is 7.11 Å². The van der Waals surface area contributed by atoms with E-state index < -0.39 is 29.5 Å². The summed E-state index contributed by atoms with van der Waals surface area (Å²) in [6, 6.07) is 4.23. The van der Waals surface area contributed by atoms with E-state index >= 15 is 0 Å². The summed E-state index contributed by atoms with van der Waals surface area (Å²) < 4.78 is 32.7. The smallest absolute Gasteiger partial charge is 0.252 e. The summed E-state index contributed by atoms with van der Waals surface area (Å²) >= 11 is 0. The first-order valence-corrected chi connectivity index (χ1v) is 10.2. The van der Waals surface area contributed by atoms with Gasteiger partial charge in [-0.1, -0.05) is 6.07 Å². The van der Waals surface area contributed by atoms with Crippen LogP contribution in [0.25, 0.3) is 10.9 Å². The molecule has 0 bridgehead atoms. The number of halogens is 2. The Kier molecular flexibility index (Phi) is 5.47. The molecule has 4 rings (SSSR count). The van der Waals surface area contributed by atoms with Gasteiger partial charge in [0.05, 0.1) is 30.0 Å². The SMILES string of the molecule is COc1nccc2[nH]c(=O)c([C@H](C)C(=O)N[C@@H](C)c3ccc(F)cc3F)c(C3CC3)c12. The summed E-state index contributed by atoms with van der Waals surface area (Å²) in [6.45, 7) is 3.26. The zero-order valence-corrected chi connectivity index (χ0v) is 17.5. The van der Waals surface area contributed by atoms with Gasteiger partial charge in [-0.3, -0.25) is 9.59 Å². The number of pyridine rings is 2. The first-order valence-electron chi connectivity index (χ1n) is 10.2. The lowest BCUT2D eigenvalue weighted by atomic mass is 9.91. The maximum absolute atomic E-state index is 14.1. The molecule has 1 aliphatic carbocycles. The van der Waals surface area contributed by atoms with Crippen molar-refractivity contribution in [3.8, 4) is 5.88 Å². The van der Waals surface area contributed by atoms with E-state index in [0.29, 0.717) is 22.3 Å². The summed E-state index contributed by atoms with van der Waals surface area (Å²) in [4.78, 5) is 33.1. The first kappa shape index (κ1) is 21.0. The summed E-state index contributed by atoms with van der Waals surface area (Å²) in [5.74, 6) is -2.09.